The number of aliphatic imine (C=N–C) groups is 1. The fraction of sp³-hybridized carbons (Fsp3) is 0.864. The molecule has 1 aromatic rings. The van der Waals surface area contributed by atoms with Gasteiger partial charge >= 0.3 is 0 Å². The van der Waals surface area contributed by atoms with Crippen molar-refractivity contribution in [2.24, 2.45) is 16.3 Å². The molecule has 168 valence electrons. The molecule has 2 N–H and O–H groups in total. The second kappa shape index (κ2) is 8.92. The van der Waals surface area contributed by atoms with Crippen molar-refractivity contribution in [1.82, 2.24) is 25.4 Å². The van der Waals surface area contributed by atoms with E-state index in [1.807, 2.05) is 0 Å². The minimum absolute atomic E-state index is 0. The molecule has 2 saturated carbocycles. The number of ether oxygens (including phenoxy) is 1. The summed E-state index contributed by atoms with van der Waals surface area (Å²) >= 11 is 0. The van der Waals surface area contributed by atoms with E-state index in [2.05, 4.69) is 36.1 Å². The first-order valence-corrected chi connectivity index (χ1v) is 11.7. The van der Waals surface area contributed by atoms with Crippen LogP contribution in [0, 0.1) is 11.3 Å². The maximum Gasteiger partial charge on any atom is 0.191 e. The highest BCUT2D eigenvalue weighted by molar-refractivity contribution is 14.0. The summed E-state index contributed by atoms with van der Waals surface area (Å²) in [5.41, 5.74) is 0.342. The Morgan fingerprint density at radius 1 is 1.27 bits per heavy atom. The topological polar surface area (TPSA) is 76.4 Å². The summed E-state index contributed by atoms with van der Waals surface area (Å²) < 4.78 is 8.25. The summed E-state index contributed by atoms with van der Waals surface area (Å²) in [6.45, 7) is 9.01. The number of guanidine groups is 1. The third kappa shape index (κ3) is 3.76. The van der Waals surface area contributed by atoms with Crippen molar-refractivity contribution in [3.05, 3.63) is 11.6 Å². The molecular weight excluding hydrogens is 491 g/mol. The lowest BCUT2D eigenvalue weighted by molar-refractivity contribution is -0.125. The standard InChI is InChI=1S/C22H36N6O.HI/c1-4-23-21(24-15-7-8-17-25-20(14(2)3)27-28(17)13-15)26-18-16-9-12-29-19(16)22(18)10-5-6-11-22;/h14-16,18-19H,4-13H2,1-3H3,(H2,23,24,26);1H. The van der Waals surface area contributed by atoms with Crippen LogP contribution in [0.25, 0.3) is 0 Å². The molecule has 0 radical (unpaired) electrons. The second-order valence-corrected chi connectivity index (χ2v) is 9.73. The molecule has 1 saturated heterocycles. The quantitative estimate of drug-likeness (QED) is 0.357. The Labute approximate surface area is 197 Å². The summed E-state index contributed by atoms with van der Waals surface area (Å²) in [6, 6.07) is 0.852. The molecule has 4 unspecified atom stereocenters. The van der Waals surface area contributed by atoms with E-state index in [1.165, 1.54) is 32.1 Å². The molecule has 4 atom stereocenters. The minimum atomic E-state index is 0. The molecule has 0 amide bonds. The van der Waals surface area contributed by atoms with E-state index in [4.69, 9.17) is 19.8 Å². The van der Waals surface area contributed by atoms with Gasteiger partial charge in [0.15, 0.2) is 11.8 Å². The van der Waals surface area contributed by atoms with Crippen molar-refractivity contribution < 1.29 is 4.74 Å². The summed E-state index contributed by atoms with van der Waals surface area (Å²) in [5, 5.41) is 12.3. The molecule has 3 heterocycles. The molecule has 1 aromatic heterocycles. The third-order valence-corrected chi connectivity index (χ3v) is 7.63. The predicted molar refractivity (Wildman–Crippen MR) is 128 cm³/mol. The van der Waals surface area contributed by atoms with Crippen LogP contribution in [-0.2, 0) is 17.7 Å². The number of aromatic nitrogens is 3. The van der Waals surface area contributed by atoms with Gasteiger partial charge in [-0.15, -0.1) is 24.0 Å². The van der Waals surface area contributed by atoms with E-state index in [1.54, 1.807) is 0 Å². The van der Waals surface area contributed by atoms with Gasteiger partial charge in [-0.2, -0.15) is 5.10 Å². The summed E-state index contributed by atoms with van der Waals surface area (Å²) in [7, 11) is 0. The Balaban J connectivity index is 0.00000218. The maximum absolute atomic E-state index is 6.15. The van der Waals surface area contributed by atoms with E-state index in [-0.39, 0.29) is 24.0 Å². The molecule has 0 aromatic carbocycles. The van der Waals surface area contributed by atoms with Crippen molar-refractivity contribution in [1.29, 1.82) is 0 Å². The second-order valence-electron chi connectivity index (χ2n) is 9.73. The van der Waals surface area contributed by atoms with Gasteiger partial charge < -0.3 is 15.4 Å². The number of aryl methyl sites for hydroxylation is 1. The molecule has 8 heteroatoms. The lowest BCUT2D eigenvalue weighted by atomic mass is 9.54. The molecule has 3 fully saturated rings. The molecule has 7 nitrogen and oxygen atoms in total. The van der Waals surface area contributed by atoms with E-state index in [9.17, 15) is 0 Å². The summed E-state index contributed by atoms with van der Waals surface area (Å²) in [6.07, 6.45) is 9.00. The zero-order chi connectivity index (χ0) is 20.0. The summed E-state index contributed by atoms with van der Waals surface area (Å²) in [5.74, 6) is 4.10. The molecule has 5 rings (SSSR count). The van der Waals surface area contributed by atoms with Crippen LogP contribution in [0.15, 0.2) is 4.99 Å². The summed E-state index contributed by atoms with van der Waals surface area (Å²) in [4.78, 5) is 9.53. The van der Waals surface area contributed by atoms with Crippen LogP contribution in [-0.4, -0.2) is 52.1 Å². The number of hydrogen-bond acceptors (Lipinski definition) is 4. The molecule has 2 aliphatic carbocycles. The van der Waals surface area contributed by atoms with Crippen molar-refractivity contribution in [3.8, 4) is 0 Å². The van der Waals surface area contributed by atoms with Gasteiger partial charge in [0, 0.05) is 48.9 Å². The number of nitrogens with zero attached hydrogens (tertiary/aromatic N) is 4. The van der Waals surface area contributed by atoms with Crippen molar-refractivity contribution in [3.63, 3.8) is 0 Å². The lowest BCUT2D eigenvalue weighted by Crippen LogP contribution is -2.69. The van der Waals surface area contributed by atoms with Crippen LogP contribution in [0.5, 0.6) is 0 Å². The van der Waals surface area contributed by atoms with Crippen LogP contribution in [0.3, 0.4) is 0 Å². The highest BCUT2D eigenvalue weighted by Gasteiger charge is 2.65. The van der Waals surface area contributed by atoms with Gasteiger partial charge in [0.05, 0.1) is 12.6 Å². The van der Waals surface area contributed by atoms with Crippen LogP contribution in [0.4, 0.5) is 0 Å². The normalized spacial score (nSPS) is 31.8. The first-order valence-electron chi connectivity index (χ1n) is 11.7. The van der Waals surface area contributed by atoms with Crippen LogP contribution < -0.4 is 10.6 Å². The van der Waals surface area contributed by atoms with Crippen molar-refractivity contribution in [2.75, 3.05) is 13.2 Å². The van der Waals surface area contributed by atoms with Gasteiger partial charge in [0.1, 0.15) is 5.82 Å². The van der Waals surface area contributed by atoms with Gasteiger partial charge in [0.2, 0.25) is 0 Å². The zero-order valence-corrected chi connectivity index (χ0v) is 20.9. The highest BCUT2D eigenvalue weighted by Crippen LogP contribution is 2.60. The molecule has 4 aliphatic rings. The Kier molecular flexibility index (Phi) is 6.63. The van der Waals surface area contributed by atoms with E-state index < -0.39 is 0 Å². The molecular formula is C22H37IN6O. The third-order valence-electron chi connectivity index (χ3n) is 7.63. The van der Waals surface area contributed by atoms with Gasteiger partial charge in [-0.1, -0.05) is 26.7 Å². The SMILES string of the molecule is CCN=C(NC1CCc2nc(C(C)C)nn2C1)NC1C2CCOC2C12CCCC2.I. The van der Waals surface area contributed by atoms with Gasteiger partial charge in [-0.3, -0.25) is 4.99 Å². The Morgan fingerprint density at radius 2 is 2.07 bits per heavy atom. The molecule has 2 aliphatic heterocycles. The minimum Gasteiger partial charge on any atom is -0.377 e. The van der Waals surface area contributed by atoms with Gasteiger partial charge in [-0.25, -0.2) is 9.67 Å². The Hall–Kier alpha value is -0.900. The largest absolute Gasteiger partial charge is 0.377 e. The van der Waals surface area contributed by atoms with Crippen LogP contribution in [0.1, 0.15) is 76.9 Å². The fourth-order valence-electron chi connectivity index (χ4n) is 6.23. The van der Waals surface area contributed by atoms with E-state index in [0.717, 1.165) is 50.1 Å². The van der Waals surface area contributed by atoms with Gasteiger partial charge in [-0.05, 0) is 32.6 Å². The molecule has 1 spiro atoms. The van der Waals surface area contributed by atoms with Crippen LogP contribution in [0.2, 0.25) is 0 Å². The monoisotopic (exact) mass is 528 g/mol. The molecule has 0 bridgehead atoms. The van der Waals surface area contributed by atoms with E-state index >= 15 is 0 Å². The number of fused-ring (bicyclic) bond motifs is 3. The van der Waals surface area contributed by atoms with E-state index in [0.29, 0.717) is 35.4 Å². The number of halogens is 1. The number of hydrogen-bond donors (Lipinski definition) is 2. The van der Waals surface area contributed by atoms with Gasteiger partial charge in [0.25, 0.3) is 0 Å². The highest BCUT2D eigenvalue weighted by atomic mass is 127. The smallest absolute Gasteiger partial charge is 0.191 e. The first-order chi connectivity index (χ1) is 14.1. The Bertz CT molecular complexity index is 772. The fourth-order valence-corrected chi connectivity index (χ4v) is 6.23. The van der Waals surface area contributed by atoms with Crippen molar-refractivity contribution >= 4 is 29.9 Å². The zero-order valence-electron chi connectivity index (χ0n) is 18.6. The van der Waals surface area contributed by atoms with Crippen molar-refractivity contribution in [2.45, 2.75) is 96.4 Å². The first kappa shape index (κ1) is 22.3. The predicted octanol–water partition coefficient (Wildman–Crippen LogP) is 3.24. The molecule has 30 heavy (non-hydrogen) atoms. The Morgan fingerprint density at radius 3 is 2.80 bits per heavy atom. The average molecular weight is 528 g/mol. The average Bonchev–Trinajstić information content (AvgIpc) is 3.43. The lowest BCUT2D eigenvalue weighted by Gasteiger charge is -2.57. The number of nitrogens with one attached hydrogen (secondary N) is 2. The van der Waals surface area contributed by atoms with Crippen LogP contribution >= 0.6 is 24.0 Å². The number of rotatable bonds is 4. The maximum atomic E-state index is 6.15.